The number of nitrogens with zero attached hydrogens (tertiary/aromatic N) is 1. The predicted octanol–water partition coefficient (Wildman–Crippen LogP) is 3.05. The minimum atomic E-state index is 0.219. The Morgan fingerprint density at radius 2 is 2.11 bits per heavy atom. The molecular formula is C16H24N2O. The molecule has 1 N–H and O–H groups in total. The van der Waals surface area contributed by atoms with Crippen LogP contribution in [0.15, 0.2) is 18.2 Å². The molecule has 0 saturated carbocycles. The van der Waals surface area contributed by atoms with Crippen molar-refractivity contribution in [1.29, 1.82) is 0 Å². The van der Waals surface area contributed by atoms with Crippen LogP contribution in [0, 0.1) is 0 Å². The molecule has 19 heavy (non-hydrogen) atoms. The van der Waals surface area contributed by atoms with Crippen LogP contribution in [0.2, 0.25) is 0 Å². The van der Waals surface area contributed by atoms with Gasteiger partial charge in [-0.15, -0.1) is 0 Å². The van der Waals surface area contributed by atoms with Crippen LogP contribution in [0.1, 0.15) is 50.3 Å². The highest BCUT2D eigenvalue weighted by atomic mass is 16.2. The van der Waals surface area contributed by atoms with Gasteiger partial charge in [0.1, 0.15) is 0 Å². The van der Waals surface area contributed by atoms with Gasteiger partial charge in [-0.05, 0) is 36.6 Å². The van der Waals surface area contributed by atoms with Gasteiger partial charge < -0.3 is 10.2 Å². The number of hydrogen-bond acceptors (Lipinski definition) is 2. The summed E-state index contributed by atoms with van der Waals surface area (Å²) in [5, 5.41) is 3.55. The Hall–Kier alpha value is -1.35. The van der Waals surface area contributed by atoms with Crippen molar-refractivity contribution in [2.75, 3.05) is 18.5 Å². The van der Waals surface area contributed by atoms with Crippen LogP contribution >= 0.6 is 0 Å². The van der Waals surface area contributed by atoms with E-state index in [2.05, 4.69) is 37.4 Å². The summed E-state index contributed by atoms with van der Waals surface area (Å²) in [6.07, 6.45) is 3.83. The maximum Gasteiger partial charge on any atom is 0.227 e. The molecule has 0 radical (unpaired) electrons. The molecule has 104 valence electrons. The smallest absolute Gasteiger partial charge is 0.227 e. The molecule has 0 aliphatic carbocycles. The lowest BCUT2D eigenvalue weighted by atomic mass is 9.94. The van der Waals surface area contributed by atoms with Crippen LogP contribution < -0.4 is 10.2 Å². The fraction of sp³-hybridized carbons (Fsp3) is 0.562. The van der Waals surface area contributed by atoms with Gasteiger partial charge in [-0.3, -0.25) is 4.79 Å². The molecule has 3 nitrogen and oxygen atoms in total. The molecule has 1 atom stereocenters. The fourth-order valence-electron chi connectivity index (χ4n) is 2.81. The topological polar surface area (TPSA) is 32.3 Å². The molecular weight excluding hydrogens is 236 g/mol. The lowest BCUT2D eigenvalue weighted by Gasteiger charge is -2.27. The van der Waals surface area contributed by atoms with E-state index in [0.717, 1.165) is 25.1 Å². The zero-order valence-corrected chi connectivity index (χ0v) is 12.2. The molecule has 1 aliphatic rings. The second-order valence-corrected chi connectivity index (χ2v) is 5.24. The molecule has 0 bridgehead atoms. The van der Waals surface area contributed by atoms with Gasteiger partial charge in [-0.1, -0.05) is 32.4 Å². The molecule has 1 aromatic rings. The number of rotatable bonds is 5. The van der Waals surface area contributed by atoms with Crippen LogP contribution in [0.5, 0.6) is 0 Å². The third-order valence-electron chi connectivity index (χ3n) is 3.88. The first kappa shape index (κ1) is 14.1. The minimum Gasteiger partial charge on any atom is -0.315 e. The van der Waals surface area contributed by atoms with Crippen molar-refractivity contribution in [3.8, 4) is 0 Å². The van der Waals surface area contributed by atoms with Gasteiger partial charge in [0, 0.05) is 25.2 Å². The van der Waals surface area contributed by atoms with E-state index in [1.807, 2.05) is 7.05 Å². The molecule has 1 unspecified atom stereocenters. The number of amides is 1. The van der Waals surface area contributed by atoms with Crippen LogP contribution in [-0.2, 0) is 11.2 Å². The number of anilines is 1. The van der Waals surface area contributed by atoms with Crippen LogP contribution in [-0.4, -0.2) is 19.5 Å². The molecule has 1 heterocycles. The molecule has 0 saturated heterocycles. The van der Waals surface area contributed by atoms with Gasteiger partial charge in [-0.25, -0.2) is 0 Å². The third kappa shape index (κ3) is 2.98. The van der Waals surface area contributed by atoms with E-state index in [-0.39, 0.29) is 5.91 Å². The first-order chi connectivity index (χ1) is 9.17. The summed E-state index contributed by atoms with van der Waals surface area (Å²) in [6.45, 7) is 5.35. The Labute approximate surface area is 116 Å². The van der Waals surface area contributed by atoms with Gasteiger partial charge in [0.2, 0.25) is 5.91 Å². The standard InChI is InChI=1S/C16H24N2O/c1-4-6-14(17-5-2)12-7-9-15-13(11-12)8-10-16(19)18(15)3/h7,9,11,14,17H,4-6,8,10H2,1-3H3. The number of fused-ring (bicyclic) bond motifs is 1. The lowest BCUT2D eigenvalue weighted by molar-refractivity contribution is -0.118. The second kappa shape index (κ2) is 6.20. The predicted molar refractivity (Wildman–Crippen MR) is 79.5 cm³/mol. The van der Waals surface area contributed by atoms with Crippen LogP contribution in [0.25, 0.3) is 0 Å². The molecule has 0 fully saturated rings. The summed E-state index contributed by atoms with van der Waals surface area (Å²) in [7, 11) is 1.87. The number of hydrogen-bond donors (Lipinski definition) is 1. The molecule has 1 aliphatic heterocycles. The average molecular weight is 260 g/mol. The van der Waals surface area contributed by atoms with E-state index in [1.54, 1.807) is 4.90 Å². The number of aryl methyl sites for hydroxylation is 1. The summed E-state index contributed by atoms with van der Waals surface area (Å²) < 4.78 is 0. The maximum atomic E-state index is 11.7. The van der Waals surface area contributed by atoms with Crippen molar-refractivity contribution in [3.63, 3.8) is 0 Å². The van der Waals surface area contributed by atoms with Crippen molar-refractivity contribution in [3.05, 3.63) is 29.3 Å². The van der Waals surface area contributed by atoms with E-state index in [0.29, 0.717) is 12.5 Å². The Bertz CT molecular complexity index is 450. The summed E-state index contributed by atoms with van der Waals surface area (Å²) in [4.78, 5) is 13.5. The van der Waals surface area contributed by atoms with Crippen molar-refractivity contribution in [2.45, 2.75) is 45.6 Å². The molecule has 0 spiro atoms. The van der Waals surface area contributed by atoms with E-state index < -0.39 is 0 Å². The summed E-state index contributed by atoms with van der Waals surface area (Å²) in [5.74, 6) is 0.219. The SMILES string of the molecule is CCCC(NCC)c1ccc2c(c1)CCC(=O)N2C. The molecule has 2 rings (SSSR count). The normalized spacial score (nSPS) is 16.4. The monoisotopic (exact) mass is 260 g/mol. The highest BCUT2D eigenvalue weighted by Gasteiger charge is 2.21. The highest BCUT2D eigenvalue weighted by Crippen LogP contribution is 2.30. The first-order valence-corrected chi connectivity index (χ1v) is 7.30. The zero-order chi connectivity index (χ0) is 13.8. The largest absolute Gasteiger partial charge is 0.315 e. The van der Waals surface area contributed by atoms with Crippen molar-refractivity contribution >= 4 is 11.6 Å². The number of carbonyl (C=O) groups is 1. The quantitative estimate of drug-likeness (QED) is 0.882. The minimum absolute atomic E-state index is 0.219. The van der Waals surface area contributed by atoms with Crippen molar-refractivity contribution in [1.82, 2.24) is 5.32 Å². The molecule has 3 heteroatoms. The molecule has 1 aromatic carbocycles. The van der Waals surface area contributed by atoms with Crippen molar-refractivity contribution < 1.29 is 4.79 Å². The van der Waals surface area contributed by atoms with Gasteiger partial charge in [0.05, 0.1) is 0 Å². The van der Waals surface area contributed by atoms with Crippen molar-refractivity contribution in [2.24, 2.45) is 0 Å². The second-order valence-electron chi connectivity index (χ2n) is 5.24. The molecule has 0 aromatic heterocycles. The zero-order valence-electron chi connectivity index (χ0n) is 12.2. The Balaban J connectivity index is 2.27. The molecule has 1 amide bonds. The first-order valence-electron chi connectivity index (χ1n) is 7.30. The summed E-state index contributed by atoms with van der Waals surface area (Å²) in [5.41, 5.74) is 3.73. The van der Waals surface area contributed by atoms with Gasteiger partial charge >= 0.3 is 0 Å². The Morgan fingerprint density at radius 1 is 1.32 bits per heavy atom. The highest BCUT2D eigenvalue weighted by molar-refractivity contribution is 5.95. The summed E-state index contributed by atoms with van der Waals surface area (Å²) >= 11 is 0. The number of carbonyl (C=O) groups excluding carboxylic acids is 1. The Morgan fingerprint density at radius 3 is 2.79 bits per heavy atom. The third-order valence-corrected chi connectivity index (χ3v) is 3.88. The Kier molecular flexibility index (Phi) is 4.59. The number of benzene rings is 1. The van der Waals surface area contributed by atoms with E-state index in [1.165, 1.54) is 17.5 Å². The average Bonchev–Trinajstić information content (AvgIpc) is 2.42. The van der Waals surface area contributed by atoms with Gasteiger partial charge in [0.25, 0.3) is 0 Å². The van der Waals surface area contributed by atoms with Crippen LogP contribution in [0.3, 0.4) is 0 Å². The fourth-order valence-corrected chi connectivity index (χ4v) is 2.81. The lowest BCUT2D eigenvalue weighted by Crippen LogP contribution is -2.31. The van der Waals surface area contributed by atoms with Gasteiger partial charge in [-0.2, -0.15) is 0 Å². The van der Waals surface area contributed by atoms with E-state index in [9.17, 15) is 4.79 Å². The van der Waals surface area contributed by atoms with E-state index >= 15 is 0 Å². The number of nitrogens with one attached hydrogen (secondary N) is 1. The summed E-state index contributed by atoms with van der Waals surface area (Å²) in [6, 6.07) is 6.98. The van der Waals surface area contributed by atoms with E-state index in [4.69, 9.17) is 0 Å². The van der Waals surface area contributed by atoms with Gasteiger partial charge in [0.15, 0.2) is 0 Å². The van der Waals surface area contributed by atoms with Crippen LogP contribution in [0.4, 0.5) is 5.69 Å². The maximum absolute atomic E-state index is 11.7.